The van der Waals surface area contributed by atoms with E-state index in [0.717, 1.165) is 53.8 Å². The fourth-order valence-corrected chi connectivity index (χ4v) is 7.20. The van der Waals surface area contributed by atoms with Crippen molar-refractivity contribution < 1.29 is 5.11 Å². The molecule has 4 rings (SSSR count). The summed E-state index contributed by atoms with van der Waals surface area (Å²) >= 11 is 0. The first-order valence-corrected chi connectivity index (χ1v) is 8.84. The molecular formula is C19H30O. The second-order valence-corrected chi connectivity index (χ2v) is 8.63. The molecule has 4 saturated carbocycles. The highest BCUT2D eigenvalue weighted by molar-refractivity contribution is 5.16. The zero-order valence-corrected chi connectivity index (χ0v) is 13.3. The molecule has 1 heteroatoms. The molecule has 4 aliphatic rings. The summed E-state index contributed by atoms with van der Waals surface area (Å²) in [5.41, 5.74) is 1.41. The SMILES string of the molecule is C=C(C)C1CCC2C(C)C3C2C(C1)C1C(C)CC(O)C13. The molecule has 4 fully saturated rings. The van der Waals surface area contributed by atoms with Crippen molar-refractivity contribution in [1.29, 1.82) is 0 Å². The van der Waals surface area contributed by atoms with E-state index in [1.54, 1.807) is 0 Å². The summed E-state index contributed by atoms with van der Waals surface area (Å²) in [4.78, 5) is 0. The lowest BCUT2D eigenvalue weighted by Gasteiger charge is -2.51. The van der Waals surface area contributed by atoms with Crippen LogP contribution >= 0.6 is 0 Å². The van der Waals surface area contributed by atoms with Crippen LogP contribution in [0.15, 0.2) is 12.2 Å². The lowest BCUT2D eigenvalue weighted by Crippen LogP contribution is -2.47. The average molecular weight is 274 g/mol. The van der Waals surface area contributed by atoms with Gasteiger partial charge in [0, 0.05) is 0 Å². The smallest absolute Gasteiger partial charge is 0.0576 e. The quantitative estimate of drug-likeness (QED) is 0.713. The van der Waals surface area contributed by atoms with Crippen molar-refractivity contribution in [2.75, 3.05) is 0 Å². The number of fused-ring (bicyclic) bond motifs is 3. The van der Waals surface area contributed by atoms with E-state index in [4.69, 9.17) is 0 Å². The number of rotatable bonds is 1. The maximum absolute atomic E-state index is 10.6. The molecule has 112 valence electrons. The Balaban J connectivity index is 1.69. The molecule has 0 heterocycles. The molecule has 0 bridgehead atoms. The second-order valence-electron chi connectivity index (χ2n) is 8.63. The molecule has 0 spiro atoms. The Morgan fingerprint density at radius 1 is 0.950 bits per heavy atom. The molecule has 10 atom stereocenters. The number of aliphatic hydroxyl groups is 1. The van der Waals surface area contributed by atoms with E-state index in [0.29, 0.717) is 5.92 Å². The lowest BCUT2D eigenvalue weighted by atomic mass is 9.54. The molecule has 4 aliphatic carbocycles. The van der Waals surface area contributed by atoms with Gasteiger partial charge in [0.15, 0.2) is 0 Å². The Morgan fingerprint density at radius 2 is 1.70 bits per heavy atom. The predicted molar refractivity (Wildman–Crippen MR) is 82.0 cm³/mol. The van der Waals surface area contributed by atoms with Gasteiger partial charge in [0.1, 0.15) is 0 Å². The van der Waals surface area contributed by atoms with Gasteiger partial charge in [-0.05, 0) is 85.9 Å². The molecular weight excluding hydrogens is 244 g/mol. The van der Waals surface area contributed by atoms with Crippen LogP contribution in [0.25, 0.3) is 0 Å². The molecule has 10 unspecified atom stereocenters. The molecule has 1 N–H and O–H groups in total. The van der Waals surface area contributed by atoms with Crippen LogP contribution < -0.4 is 0 Å². The minimum atomic E-state index is -0.00129. The van der Waals surface area contributed by atoms with Crippen LogP contribution in [0.3, 0.4) is 0 Å². The lowest BCUT2D eigenvalue weighted by molar-refractivity contribution is -0.0540. The van der Waals surface area contributed by atoms with E-state index in [-0.39, 0.29) is 6.10 Å². The first-order valence-electron chi connectivity index (χ1n) is 8.84. The molecule has 1 nitrogen and oxygen atoms in total. The van der Waals surface area contributed by atoms with Crippen molar-refractivity contribution in [2.45, 2.75) is 52.6 Å². The summed E-state index contributed by atoms with van der Waals surface area (Å²) in [5.74, 6) is 7.44. The molecule has 0 saturated heterocycles. The third-order valence-electron chi connectivity index (χ3n) is 7.92. The highest BCUT2D eigenvalue weighted by atomic mass is 16.3. The largest absolute Gasteiger partial charge is 0.393 e. The molecule has 0 aromatic carbocycles. The average Bonchev–Trinajstić information content (AvgIpc) is 2.76. The number of hydrogen-bond acceptors (Lipinski definition) is 1. The van der Waals surface area contributed by atoms with Gasteiger partial charge in [-0.25, -0.2) is 0 Å². The van der Waals surface area contributed by atoms with Gasteiger partial charge < -0.3 is 5.11 Å². The van der Waals surface area contributed by atoms with Crippen LogP contribution in [0.2, 0.25) is 0 Å². The Morgan fingerprint density at radius 3 is 2.40 bits per heavy atom. The van der Waals surface area contributed by atoms with Gasteiger partial charge in [-0.3, -0.25) is 0 Å². The highest BCUT2D eigenvalue weighted by Crippen LogP contribution is 2.70. The standard InChI is InChI=1S/C19H30O/c1-9(2)12-5-6-13-11(4)17-18(13)14(8-12)16-10(3)7-15(20)19(16)17/h10-20H,1,5-8H2,2-4H3. The molecule has 20 heavy (non-hydrogen) atoms. The summed E-state index contributed by atoms with van der Waals surface area (Å²) < 4.78 is 0. The number of hydrogen-bond donors (Lipinski definition) is 1. The second kappa shape index (κ2) is 4.35. The van der Waals surface area contributed by atoms with Gasteiger partial charge in [-0.15, -0.1) is 0 Å². The van der Waals surface area contributed by atoms with Gasteiger partial charge in [-0.2, -0.15) is 0 Å². The van der Waals surface area contributed by atoms with E-state index in [9.17, 15) is 5.11 Å². The Labute approximate surface area is 123 Å². The molecule has 0 amide bonds. The molecule has 0 radical (unpaired) electrons. The summed E-state index contributed by atoms with van der Waals surface area (Å²) in [6.07, 6.45) is 5.22. The fraction of sp³-hybridized carbons (Fsp3) is 0.895. The number of aliphatic hydroxyl groups excluding tert-OH is 1. The summed E-state index contributed by atoms with van der Waals surface area (Å²) in [7, 11) is 0. The summed E-state index contributed by atoms with van der Waals surface area (Å²) in [6, 6.07) is 0. The van der Waals surface area contributed by atoms with Gasteiger partial charge in [0.25, 0.3) is 0 Å². The van der Waals surface area contributed by atoms with E-state index in [1.165, 1.54) is 24.8 Å². The van der Waals surface area contributed by atoms with Crippen molar-refractivity contribution in [3.8, 4) is 0 Å². The normalized spacial score (nSPS) is 60.4. The zero-order valence-electron chi connectivity index (χ0n) is 13.3. The summed E-state index contributed by atoms with van der Waals surface area (Å²) in [6.45, 7) is 11.4. The van der Waals surface area contributed by atoms with Gasteiger partial charge in [-0.1, -0.05) is 26.0 Å². The van der Waals surface area contributed by atoms with Crippen molar-refractivity contribution in [1.82, 2.24) is 0 Å². The summed E-state index contributed by atoms with van der Waals surface area (Å²) in [5, 5.41) is 10.6. The van der Waals surface area contributed by atoms with Crippen molar-refractivity contribution in [3.63, 3.8) is 0 Å². The van der Waals surface area contributed by atoms with E-state index < -0.39 is 0 Å². The van der Waals surface area contributed by atoms with Crippen molar-refractivity contribution >= 4 is 0 Å². The topological polar surface area (TPSA) is 20.2 Å². The monoisotopic (exact) mass is 274 g/mol. The minimum Gasteiger partial charge on any atom is -0.393 e. The van der Waals surface area contributed by atoms with Crippen molar-refractivity contribution in [2.24, 2.45) is 53.3 Å². The minimum absolute atomic E-state index is 0.00129. The first-order chi connectivity index (χ1) is 9.50. The van der Waals surface area contributed by atoms with Crippen LogP contribution in [0.5, 0.6) is 0 Å². The number of allylic oxidation sites excluding steroid dienone is 1. The van der Waals surface area contributed by atoms with Gasteiger partial charge in [0.05, 0.1) is 6.10 Å². The Kier molecular flexibility index (Phi) is 2.91. The fourth-order valence-electron chi connectivity index (χ4n) is 7.20. The van der Waals surface area contributed by atoms with Gasteiger partial charge in [0.2, 0.25) is 0 Å². The maximum Gasteiger partial charge on any atom is 0.0576 e. The highest BCUT2D eigenvalue weighted by Gasteiger charge is 2.67. The maximum atomic E-state index is 10.6. The molecule has 0 aromatic rings. The van der Waals surface area contributed by atoms with Crippen LogP contribution in [-0.2, 0) is 0 Å². The Hall–Kier alpha value is -0.300. The van der Waals surface area contributed by atoms with Gasteiger partial charge >= 0.3 is 0 Å². The third-order valence-corrected chi connectivity index (χ3v) is 7.92. The van der Waals surface area contributed by atoms with E-state index in [1.807, 2.05) is 0 Å². The molecule has 0 aromatic heterocycles. The Bertz CT molecular complexity index is 427. The molecule has 0 aliphatic heterocycles. The zero-order chi connectivity index (χ0) is 14.2. The van der Waals surface area contributed by atoms with E-state index >= 15 is 0 Å². The van der Waals surface area contributed by atoms with E-state index in [2.05, 4.69) is 27.4 Å². The van der Waals surface area contributed by atoms with Crippen LogP contribution in [0.1, 0.15) is 46.5 Å². The predicted octanol–water partition coefficient (Wildman–Crippen LogP) is 4.12. The van der Waals surface area contributed by atoms with Crippen LogP contribution in [-0.4, -0.2) is 11.2 Å². The first kappa shape index (κ1) is 13.4. The third kappa shape index (κ3) is 1.54. The van der Waals surface area contributed by atoms with Crippen LogP contribution in [0.4, 0.5) is 0 Å². The van der Waals surface area contributed by atoms with Crippen LogP contribution in [0, 0.1) is 53.3 Å². The van der Waals surface area contributed by atoms with Crippen molar-refractivity contribution in [3.05, 3.63) is 12.2 Å².